The summed E-state index contributed by atoms with van der Waals surface area (Å²) in [6.45, 7) is 1.98. The number of hydrogen-bond donors (Lipinski definition) is 1. The Bertz CT molecular complexity index is 528. The summed E-state index contributed by atoms with van der Waals surface area (Å²) in [6.07, 6.45) is 2.36. The van der Waals surface area contributed by atoms with Crippen LogP contribution in [-0.2, 0) is 6.42 Å². The van der Waals surface area contributed by atoms with Crippen molar-refractivity contribution in [1.29, 1.82) is 0 Å². The van der Waals surface area contributed by atoms with Crippen LogP contribution in [0.3, 0.4) is 0 Å². The minimum Gasteiger partial charge on any atom is -0.362 e. The summed E-state index contributed by atoms with van der Waals surface area (Å²) in [5, 5.41) is 18.0. The minimum absolute atomic E-state index is 0.00895. The molecule has 0 aliphatic rings. The van der Waals surface area contributed by atoms with Crippen LogP contribution in [0.1, 0.15) is 12.5 Å². The molecule has 0 bridgehead atoms. The Balaban J connectivity index is 2.07. The van der Waals surface area contributed by atoms with Crippen molar-refractivity contribution in [2.75, 3.05) is 5.32 Å². The second kappa shape index (κ2) is 5.59. The Hall–Kier alpha value is -1.95. The largest absolute Gasteiger partial charge is 0.362 e. The predicted octanol–water partition coefficient (Wildman–Crippen LogP) is 3.09. The molecule has 0 saturated heterocycles. The quantitative estimate of drug-likeness (QED) is 0.665. The molecule has 2 aromatic heterocycles. The molecule has 6 heteroatoms. The topological polar surface area (TPSA) is 68.1 Å². The zero-order chi connectivity index (χ0) is 13.0. The Labute approximate surface area is 109 Å². The Kier molecular flexibility index (Phi) is 3.88. The highest BCUT2D eigenvalue weighted by Gasteiger charge is 2.15. The third-order valence-corrected chi connectivity index (χ3v) is 3.22. The third kappa shape index (κ3) is 3.04. The van der Waals surface area contributed by atoms with E-state index in [1.807, 2.05) is 12.3 Å². The van der Waals surface area contributed by atoms with Crippen molar-refractivity contribution in [2.45, 2.75) is 19.4 Å². The van der Waals surface area contributed by atoms with E-state index < -0.39 is 4.92 Å². The average molecular weight is 263 g/mol. The molecule has 94 valence electrons. The van der Waals surface area contributed by atoms with E-state index in [0.717, 1.165) is 6.42 Å². The number of hydrogen-bond acceptors (Lipinski definition) is 5. The smallest absolute Gasteiger partial charge is 0.311 e. The van der Waals surface area contributed by atoms with Gasteiger partial charge in [-0.2, -0.15) is 11.3 Å². The molecule has 1 unspecified atom stereocenters. The molecule has 0 radical (unpaired) electrons. The lowest BCUT2D eigenvalue weighted by molar-refractivity contribution is -0.384. The summed E-state index contributed by atoms with van der Waals surface area (Å²) < 4.78 is 0. The zero-order valence-electron chi connectivity index (χ0n) is 9.87. The van der Waals surface area contributed by atoms with Crippen molar-refractivity contribution in [1.82, 2.24) is 4.98 Å². The lowest BCUT2D eigenvalue weighted by atomic mass is 10.1. The van der Waals surface area contributed by atoms with Gasteiger partial charge < -0.3 is 5.32 Å². The first-order valence-corrected chi connectivity index (χ1v) is 6.48. The number of aromatic nitrogens is 1. The van der Waals surface area contributed by atoms with Gasteiger partial charge in [-0.05, 0) is 41.8 Å². The van der Waals surface area contributed by atoms with E-state index in [-0.39, 0.29) is 11.7 Å². The average Bonchev–Trinajstić information content (AvgIpc) is 2.82. The second-order valence-electron chi connectivity index (χ2n) is 4.01. The molecular formula is C12H13N3O2S. The molecule has 5 nitrogen and oxygen atoms in total. The van der Waals surface area contributed by atoms with Crippen molar-refractivity contribution in [3.05, 3.63) is 50.8 Å². The first kappa shape index (κ1) is 12.5. The standard InChI is InChI=1S/C12H13N3O2S/c1-9(7-10-4-6-18-8-10)14-12-11(15(16)17)3-2-5-13-12/h2-6,8-9H,7H2,1H3,(H,13,14). The molecule has 0 aliphatic carbocycles. The maximum Gasteiger partial charge on any atom is 0.311 e. The number of anilines is 1. The van der Waals surface area contributed by atoms with E-state index in [9.17, 15) is 10.1 Å². The summed E-state index contributed by atoms with van der Waals surface area (Å²) in [6, 6.07) is 5.16. The summed E-state index contributed by atoms with van der Waals surface area (Å²) in [5.74, 6) is 0.324. The van der Waals surface area contributed by atoms with Crippen molar-refractivity contribution in [3.63, 3.8) is 0 Å². The molecule has 18 heavy (non-hydrogen) atoms. The monoisotopic (exact) mass is 263 g/mol. The van der Waals surface area contributed by atoms with Gasteiger partial charge in [0.2, 0.25) is 5.82 Å². The van der Waals surface area contributed by atoms with Crippen molar-refractivity contribution in [3.8, 4) is 0 Å². The van der Waals surface area contributed by atoms with Gasteiger partial charge in [-0.1, -0.05) is 0 Å². The molecule has 0 aromatic carbocycles. The van der Waals surface area contributed by atoms with Gasteiger partial charge in [0, 0.05) is 18.3 Å². The van der Waals surface area contributed by atoms with Crippen molar-refractivity contribution < 1.29 is 4.92 Å². The number of thiophene rings is 1. The molecule has 2 rings (SSSR count). The van der Waals surface area contributed by atoms with E-state index in [4.69, 9.17) is 0 Å². The van der Waals surface area contributed by atoms with Crippen LogP contribution in [0, 0.1) is 10.1 Å². The number of nitrogens with zero attached hydrogens (tertiary/aromatic N) is 2. The van der Waals surface area contributed by atoms with Crippen LogP contribution in [-0.4, -0.2) is 15.9 Å². The number of nitro groups is 1. The molecule has 0 fully saturated rings. The van der Waals surface area contributed by atoms with Gasteiger partial charge >= 0.3 is 5.69 Å². The Morgan fingerprint density at radius 2 is 2.39 bits per heavy atom. The van der Waals surface area contributed by atoms with Gasteiger partial charge in [0.25, 0.3) is 0 Å². The van der Waals surface area contributed by atoms with Crippen LogP contribution >= 0.6 is 11.3 Å². The van der Waals surface area contributed by atoms with Crippen molar-refractivity contribution in [2.24, 2.45) is 0 Å². The van der Waals surface area contributed by atoms with E-state index in [2.05, 4.69) is 21.7 Å². The molecule has 0 saturated carbocycles. The normalized spacial score (nSPS) is 12.1. The third-order valence-electron chi connectivity index (χ3n) is 2.49. The van der Waals surface area contributed by atoms with Gasteiger partial charge in [0.15, 0.2) is 0 Å². The first-order chi connectivity index (χ1) is 8.66. The van der Waals surface area contributed by atoms with Crippen LogP contribution in [0.25, 0.3) is 0 Å². The highest BCUT2D eigenvalue weighted by molar-refractivity contribution is 7.07. The molecule has 0 aliphatic heterocycles. The fourth-order valence-corrected chi connectivity index (χ4v) is 2.38. The van der Waals surface area contributed by atoms with Crippen LogP contribution in [0.4, 0.5) is 11.5 Å². The molecule has 0 amide bonds. The number of pyridine rings is 1. The summed E-state index contributed by atoms with van der Waals surface area (Å²) >= 11 is 1.64. The van der Waals surface area contributed by atoms with Crippen LogP contribution in [0.5, 0.6) is 0 Å². The molecule has 1 N–H and O–H groups in total. The maximum absolute atomic E-state index is 10.8. The zero-order valence-corrected chi connectivity index (χ0v) is 10.7. The van der Waals surface area contributed by atoms with E-state index in [0.29, 0.717) is 5.82 Å². The molecule has 2 heterocycles. The fraction of sp³-hybridized carbons (Fsp3) is 0.250. The van der Waals surface area contributed by atoms with E-state index >= 15 is 0 Å². The highest BCUT2D eigenvalue weighted by atomic mass is 32.1. The molecular weight excluding hydrogens is 250 g/mol. The van der Waals surface area contributed by atoms with Crippen molar-refractivity contribution >= 4 is 22.8 Å². The van der Waals surface area contributed by atoms with Gasteiger partial charge in [0.1, 0.15) is 0 Å². The molecule has 1 atom stereocenters. The predicted molar refractivity (Wildman–Crippen MR) is 72.0 cm³/mol. The van der Waals surface area contributed by atoms with Gasteiger partial charge in [0.05, 0.1) is 4.92 Å². The molecule has 2 aromatic rings. The van der Waals surface area contributed by atoms with Crippen LogP contribution < -0.4 is 5.32 Å². The highest BCUT2D eigenvalue weighted by Crippen LogP contribution is 2.21. The maximum atomic E-state index is 10.8. The minimum atomic E-state index is -0.424. The Morgan fingerprint density at radius 1 is 1.56 bits per heavy atom. The van der Waals surface area contributed by atoms with E-state index in [1.165, 1.54) is 11.6 Å². The van der Waals surface area contributed by atoms with Crippen LogP contribution in [0.2, 0.25) is 0 Å². The lowest BCUT2D eigenvalue weighted by Crippen LogP contribution is -2.19. The summed E-state index contributed by atoms with van der Waals surface area (Å²) in [7, 11) is 0. The number of nitrogens with one attached hydrogen (secondary N) is 1. The van der Waals surface area contributed by atoms with Gasteiger partial charge in [-0.3, -0.25) is 10.1 Å². The van der Waals surface area contributed by atoms with Crippen LogP contribution in [0.15, 0.2) is 35.2 Å². The van der Waals surface area contributed by atoms with E-state index in [1.54, 1.807) is 23.6 Å². The first-order valence-electron chi connectivity index (χ1n) is 5.54. The summed E-state index contributed by atoms with van der Waals surface area (Å²) in [5.41, 5.74) is 1.23. The molecule has 0 spiro atoms. The van der Waals surface area contributed by atoms with Gasteiger partial charge in [-0.25, -0.2) is 4.98 Å². The second-order valence-corrected chi connectivity index (χ2v) is 4.79. The number of rotatable bonds is 5. The SMILES string of the molecule is CC(Cc1ccsc1)Nc1ncccc1[N+](=O)[O-]. The lowest BCUT2D eigenvalue weighted by Gasteiger charge is -2.13. The Morgan fingerprint density at radius 3 is 3.06 bits per heavy atom. The van der Waals surface area contributed by atoms with Gasteiger partial charge in [-0.15, -0.1) is 0 Å². The summed E-state index contributed by atoms with van der Waals surface area (Å²) in [4.78, 5) is 14.4. The fourth-order valence-electron chi connectivity index (χ4n) is 1.70.